The zero-order valence-corrected chi connectivity index (χ0v) is 15.8. The van der Waals surface area contributed by atoms with Crippen LogP contribution in [0.5, 0.6) is 5.75 Å². The molecule has 0 amide bonds. The van der Waals surface area contributed by atoms with Gasteiger partial charge < -0.3 is 9.30 Å². The number of benzene rings is 3. The summed E-state index contributed by atoms with van der Waals surface area (Å²) < 4.78 is 8.90. The van der Waals surface area contributed by atoms with E-state index >= 15 is 0 Å². The monoisotopic (exact) mass is 382 g/mol. The van der Waals surface area contributed by atoms with Crippen molar-refractivity contribution in [3.8, 4) is 17.1 Å². The molecule has 2 aromatic heterocycles. The molecule has 5 rings (SSSR count). The van der Waals surface area contributed by atoms with Gasteiger partial charge in [0.25, 0.3) is 0 Å². The zero-order chi connectivity index (χ0) is 19.8. The molecule has 0 aliphatic carbocycles. The molecule has 29 heavy (non-hydrogen) atoms. The number of rotatable bonds is 5. The van der Waals surface area contributed by atoms with Crippen LogP contribution in [-0.4, -0.2) is 32.1 Å². The minimum Gasteiger partial charge on any atom is -0.497 e. The van der Waals surface area contributed by atoms with Gasteiger partial charge in [0.15, 0.2) is 11.6 Å². The lowest BCUT2D eigenvalue weighted by atomic mass is 10.1. The molecule has 0 aliphatic rings. The van der Waals surface area contributed by atoms with E-state index in [-0.39, 0.29) is 12.3 Å². The van der Waals surface area contributed by atoms with Crippen molar-refractivity contribution in [1.82, 2.24) is 19.2 Å². The third kappa shape index (κ3) is 2.95. The molecule has 0 unspecified atom stereocenters. The van der Waals surface area contributed by atoms with Gasteiger partial charge in [-0.25, -0.2) is 0 Å². The first kappa shape index (κ1) is 17.2. The van der Waals surface area contributed by atoms with Crippen LogP contribution in [0.15, 0.2) is 78.9 Å². The Morgan fingerprint density at radius 1 is 0.897 bits per heavy atom. The first-order chi connectivity index (χ1) is 14.2. The van der Waals surface area contributed by atoms with E-state index in [1.165, 1.54) is 0 Å². The molecule has 0 radical (unpaired) electrons. The normalized spacial score (nSPS) is 11.2. The number of carbonyl (C=O) groups excluding carboxylic acids is 1. The molecule has 0 saturated heterocycles. The number of hydrogen-bond acceptors (Lipinski definition) is 4. The van der Waals surface area contributed by atoms with Crippen molar-refractivity contribution in [2.24, 2.45) is 0 Å². The summed E-state index contributed by atoms with van der Waals surface area (Å²) in [6, 6.07) is 24.9. The molecule has 6 nitrogen and oxygen atoms in total. The molecule has 5 aromatic rings. The summed E-state index contributed by atoms with van der Waals surface area (Å²) in [7, 11) is 1.61. The maximum Gasteiger partial charge on any atom is 0.234 e. The number of para-hydroxylation sites is 2. The number of hydrogen-bond donors (Lipinski definition) is 0. The maximum atomic E-state index is 13.0. The molecule has 0 aliphatic heterocycles. The van der Waals surface area contributed by atoms with Gasteiger partial charge >= 0.3 is 0 Å². The van der Waals surface area contributed by atoms with Crippen LogP contribution in [0.25, 0.3) is 28.2 Å². The average Bonchev–Trinajstić information content (AvgIpc) is 3.33. The number of Topliss-reactive ketones (excluding diaryl/α,β-unsaturated/α-hetero) is 1. The lowest BCUT2D eigenvalue weighted by Crippen LogP contribution is -2.10. The van der Waals surface area contributed by atoms with Gasteiger partial charge in [-0.05, 0) is 36.4 Å². The van der Waals surface area contributed by atoms with Crippen molar-refractivity contribution < 1.29 is 9.53 Å². The van der Waals surface area contributed by atoms with E-state index in [2.05, 4.69) is 0 Å². The predicted molar refractivity (Wildman–Crippen MR) is 111 cm³/mol. The second kappa shape index (κ2) is 6.91. The molecule has 3 aromatic carbocycles. The third-order valence-electron chi connectivity index (χ3n) is 4.98. The number of ether oxygens (including phenoxy) is 1. The van der Waals surface area contributed by atoms with Gasteiger partial charge in [-0.2, -0.15) is 9.50 Å². The lowest BCUT2D eigenvalue weighted by molar-refractivity contribution is 0.0974. The summed E-state index contributed by atoms with van der Waals surface area (Å²) in [4.78, 5) is 17.7. The van der Waals surface area contributed by atoms with Crippen molar-refractivity contribution >= 4 is 22.6 Å². The van der Waals surface area contributed by atoms with Crippen LogP contribution in [0.1, 0.15) is 10.4 Å². The molecular weight excluding hydrogens is 364 g/mol. The van der Waals surface area contributed by atoms with Crippen LogP contribution in [-0.2, 0) is 6.54 Å². The summed E-state index contributed by atoms with van der Waals surface area (Å²) >= 11 is 0. The first-order valence-corrected chi connectivity index (χ1v) is 9.31. The number of aromatic nitrogens is 4. The Hall–Kier alpha value is -3.93. The van der Waals surface area contributed by atoms with Crippen molar-refractivity contribution in [3.63, 3.8) is 0 Å². The van der Waals surface area contributed by atoms with Gasteiger partial charge in [0.1, 0.15) is 5.75 Å². The van der Waals surface area contributed by atoms with Crippen LogP contribution in [0.4, 0.5) is 0 Å². The first-order valence-electron chi connectivity index (χ1n) is 9.31. The van der Waals surface area contributed by atoms with Crippen LogP contribution in [0.2, 0.25) is 0 Å². The van der Waals surface area contributed by atoms with Gasteiger partial charge in [-0.1, -0.05) is 42.5 Å². The quantitative estimate of drug-likeness (QED) is 0.427. The Kier molecular flexibility index (Phi) is 4.09. The Morgan fingerprint density at radius 3 is 2.31 bits per heavy atom. The molecule has 142 valence electrons. The topological polar surface area (TPSA) is 61.4 Å². The standard InChI is InChI=1S/C23H18N4O2/c1-29-18-13-11-16(12-14-18)21(28)15-26-19-9-5-6-10-20(19)27-23(26)24-22(25-27)17-7-3-2-4-8-17/h2-14H,15H2,1H3. The number of carbonyl (C=O) groups is 1. The van der Waals surface area contributed by atoms with Crippen molar-refractivity contribution in [3.05, 3.63) is 84.4 Å². The summed E-state index contributed by atoms with van der Waals surface area (Å²) in [6.07, 6.45) is 0. The second-order valence-corrected chi connectivity index (χ2v) is 6.74. The zero-order valence-electron chi connectivity index (χ0n) is 15.8. The summed E-state index contributed by atoms with van der Waals surface area (Å²) in [5.41, 5.74) is 3.40. The van der Waals surface area contributed by atoms with Crippen molar-refractivity contribution in [2.45, 2.75) is 6.54 Å². The Balaban J connectivity index is 1.61. The fraction of sp³-hybridized carbons (Fsp3) is 0.0870. The van der Waals surface area contributed by atoms with Gasteiger partial charge in [-0.15, -0.1) is 5.10 Å². The predicted octanol–water partition coefficient (Wildman–Crippen LogP) is 4.24. The van der Waals surface area contributed by atoms with E-state index in [1.807, 2.05) is 59.2 Å². The number of methoxy groups -OCH3 is 1. The van der Waals surface area contributed by atoms with E-state index in [0.29, 0.717) is 17.2 Å². The fourth-order valence-electron chi connectivity index (χ4n) is 3.50. The lowest BCUT2D eigenvalue weighted by Gasteiger charge is -2.06. The minimum atomic E-state index is 0.000155. The van der Waals surface area contributed by atoms with Crippen LogP contribution >= 0.6 is 0 Å². The van der Waals surface area contributed by atoms with Gasteiger partial charge in [-0.3, -0.25) is 4.79 Å². The van der Waals surface area contributed by atoms with E-state index in [1.54, 1.807) is 35.9 Å². The molecule has 0 atom stereocenters. The Bertz CT molecular complexity index is 1320. The van der Waals surface area contributed by atoms with Crippen LogP contribution in [0, 0.1) is 0 Å². The molecule has 0 bridgehead atoms. The van der Waals surface area contributed by atoms with Crippen molar-refractivity contribution in [2.75, 3.05) is 7.11 Å². The molecule has 6 heteroatoms. The molecule has 0 fully saturated rings. The highest BCUT2D eigenvalue weighted by molar-refractivity contribution is 5.97. The van der Waals surface area contributed by atoms with Gasteiger partial charge in [0.05, 0.1) is 24.7 Å². The highest BCUT2D eigenvalue weighted by Crippen LogP contribution is 2.24. The van der Waals surface area contributed by atoms with E-state index in [9.17, 15) is 4.79 Å². The maximum absolute atomic E-state index is 13.0. The average molecular weight is 382 g/mol. The highest BCUT2D eigenvalue weighted by Gasteiger charge is 2.18. The van der Waals surface area contributed by atoms with Gasteiger partial charge in [0, 0.05) is 11.1 Å². The van der Waals surface area contributed by atoms with E-state index in [0.717, 1.165) is 22.3 Å². The second-order valence-electron chi connectivity index (χ2n) is 6.74. The molecular formula is C23H18N4O2. The summed E-state index contributed by atoms with van der Waals surface area (Å²) in [5, 5.41) is 4.69. The highest BCUT2D eigenvalue weighted by atomic mass is 16.5. The summed E-state index contributed by atoms with van der Waals surface area (Å²) in [6.45, 7) is 0.177. The van der Waals surface area contributed by atoms with E-state index in [4.69, 9.17) is 14.8 Å². The third-order valence-corrected chi connectivity index (χ3v) is 4.98. The number of imidazole rings is 1. The Labute approximate surface area is 167 Å². The van der Waals surface area contributed by atoms with Gasteiger partial charge in [0.2, 0.25) is 5.78 Å². The molecule has 0 saturated carbocycles. The van der Waals surface area contributed by atoms with Crippen LogP contribution < -0.4 is 4.74 Å². The fourth-order valence-corrected chi connectivity index (χ4v) is 3.50. The summed E-state index contributed by atoms with van der Waals surface area (Å²) in [5.74, 6) is 2.00. The molecule has 2 heterocycles. The van der Waals surface area contributed by atoms with E-state index < -0.39 is 0 Å². The number of ketones is 1. The SMILES string of the molecule is COc1ccc(C(=O)Cn2c3ccccc3n3nc(-c4ccccc4)nc23)cc1. The molecule has 0 spiro atoms. The van der Waals surface area contributed by atoms with Crippen molar-refractivity contribution in [1.29, 1.82) is 0 Å². The smallest absolute Gasteiger partial charge is 0.234 e. The van der Waals surface area contributed by atoms with Crippen LogP contribution in [0.3, 0.4) is 0 Å². The number of nitrogens with zero attached hydrogens (tertiary/aromatic N) is 4. The molecule has 0 N–H and O–H groups in total. The largest absolute Gasteiger partial charge is 0.497 e. The minimum absolute atomic E-state index is 0.000155. The Morgan fingerprint density at radius 2 is 1.59 bits per heavy atom. The number of fused-ring (bicyclic) bond motifs is 3.